The molecule has 1 rings (SSSR count). The highest BCUT2D eigenvalue weighted by Crippen LogP contribution is 2.21. The van der Waals surface area contributed by atoms with E-state index in [0.29, 0.717) is 0 Å². The maximum atomic E-state index is 11.9. The van der Waals surface area contributed by atoms with Crippen LogP contribution in [0, 0.1) is 0 Å². The quantitative estimate of drug-likeness (QED) is 0.923. The van der Waals surface area contributed by atoms with Gasteiger partial charge in [-0.2, -0.15) is 0 Å². The van der Waals surface area contributed by atoms with E-state index in [-0.39, 0.29) is 17.9 Å². The third-order valence-electron chi connectivity index (χ3n) is 2.19. The first-order valence-electron chi connectivity index (χ1n) is 4.59. The predicted octanol–water partition coefficient (Wildman–Crippen LogP) is 1.99. The second-order valence-corrected chi connectivity index (χ2v) is 6.61. The van der Waals surface area contributed by atoms with Crippen LogP contribution in [0.4, 0.5) is 0 Å². The second-order valence-electron chi connectivity index (χ2n) is 3.33. The van der Waals surface area contributed by atoms with Crippen molar-refractivity contribution >= 4 is 25.8 Å². The van der Waals surface area contributed by atoms with Gasteiger partial charge in [0.15, 0.2) is 9.84 Å². The summed E-state index contributed by atoms with van der Waals surface area (Å²) in [7, 11) is -3.31. The van der Waals surface area contributed by atoms with Crippen LogP contribution in [0.25, 0.3) is 0 Å². The molecule has 0 aliphatic rings. The van der Waals surface area contributed by atoms with Gasteiger partial charge in [-0.05, 0) is 31.5 Å². The first kappa shape index (κ1) is 12.7. The van der Waals surface area contributed by atoms with E-state index in [1.807, 2.05) is 0 Å². The molecule has 1 aromatic carbocycles. The second kappa shape index (κ2) is 5.09. The van der Waals surface area contributed by atoms with Crippen molar-refractivity contribution in [2.24, 2.45) is 0 Å². The van der Waals surface area contributed by atoms with E-state index < -0.39 is 15.1 Å². The molecule has 0 bridgehead atoms. The number of aliphatic hydroxyl groups is 1. The molecule has 0 aromatic heterocycles. The van der Waals surface area contributed by atoms with Crippen LogP contribution in [0.15, 0.2) is 33.6 Å². The molecule has 0 amide bonds. The largest absolute Gasteiger partial charge is 0.396 e. The first-order valence-corrected chi connectivity index (χ1v) is 6.92. The Labute approximate surface area is 98.2 Å². The topological polar surface area (TPSA) is 54.4 Å². The van der Waals surface area contributed by atoms with Crippen molar-refractivity contribution in [3.05, 3.63) is 28.7 Å². The van der Waals surface area contributed by atoms with Crippen molar-refractivity contribution in [2.45, 2.75) is 23.5 Å². The van der Waals surface area contributed by atoms with Gasteiger partial charge >= 0.3 is 0 Å². The Kier molecular flexibility index (Phi) is 4.31. The third-order valence-corrected chi connectivity index (χ3v) is 4.89. The lowest BCUT2D eigenvalue weighted by Crippen LogP contribution is -2.19. The van der Waals surface area contributed by atoms with Crippen molar-refractivity contribution < 1.29 is 13.5 Å². The highest BCUT2D eigenvalue weighted by atomic mass is 79.9. The molecule has 0 saturated heterocycles. The van der Waals surface area contributed by atoms with E-state index in [1.165, 1.54) is 0 Å². The molecule has 1 atom stereocenters. The minimum absolute atomic E-state index is 0.117. The van der Waals surface area contributed by atoms with Crippen molar-refractivity contribution in [3.63, 3.8) is 0 Å². The number of hydrogen-bond acceptors (Lipinski definition) is 3. The summed E-state index contributed by atoms with van der Waals surface area (Å²) in [6.07, 6.45) is 0.259. The van der Waals surface area contributed by atoms with Gasteiger partial charge in [0.05, 0.1) is 10.1 Å². The number of rotatable bonds is 4. The van der Waals surface area contributed by atoms with Crippen LogP contribution in [0.5, 0.6) is 0 Å². The van der Waals surface area contributed by atoms with E-state index in [0.717, 1.165) is 4.47 Å². The van der Waals surface area contributed by atoms with Gasteiger partial charge in [0, 0.05) is 11.1 Å². The summed E-state index contributed by atoms with van der Waals surface area (Å²) in [6, 6.07) is 6.59. The maximum absolute atomic E-state index is 11.9. The number of halogens is 1. The zero-order chi connectivity index (χ0) is 11.5. The van der Waals surface area contributed by atoms with Gasteiger partial charge in [-0.25, -0.2) is 8.42 Å². The van der Waals surface area contributed by atoms with Gasteiger partial charge in [-0.15, -0.1) is 0 Å². The summed E-state index contributed by atoms with van der Waals surface area (Å²) in [5.41, 5.74) is 0. The van der Waals surface area contributed by atoms with Crippen molar-refractivity contribution in [1.29, 1.82) is 0 Å². The summed E-state index contributed by atoms with van der Waals surface area (Å²) in [6.45, 7) is 1.49. The smallest absolute Gasteiger partial charge is 0.181 e. The third kappa shape index (κ3) is 3.03. The molecule has 3 nitrogen and oxygen atoms in total. The van der Waals surface area contributed by atoms with Gasteiger partial charge in [-0.3, -0.25) is 0 Å². The van der Waals surface area contributed by atoms with Gasteiger partial charge in [0.1, 0.15) is 0 Å². The molecule has 1 aromatic rings. The molecular weight excluding hydrogens is 280 g/mol. The molecule has 0 fully saturated rings. The van der Waals surface area contributed by atoms with Crippen molar-refractivity contribution in [1.82, 2.24) is 0 Å². The summed E-state index contributed by atoms with van der Waals surface area (Å²) in [5, 5.41) is 8.17. The minimum atomic E-state index is -3.31. The van der Waals surface area contributed by atoms with Crippen LogP contribution in [0.1, 0.15) is 13.3 Å². The highest BCUT2D eigenvalue weighted by Gasteiger charge is 2.22. The number of benzene rings is 1. The number of aliphatic hydroxyl groups excluding tert-OH is 1. The molecule has 84 valence electrons. The fourth-order valence-corrected chi connectivity index (χ4v) is 3.20. The molecule has 15 heavy (non-hydrogen) atoms. The van der Waals surface area contributed by atoms with Gasteiger partial charge in [0.25, 0.3) is 0 Å². The fraction of sp³-hybridized carbons (Fsp3) is 0.400. The maximum Gasteiger partial charge on any atom is 0.181 e. The zero-order valence-corrected chi connectivity index (χ0v) is 10.8. The summed E-state index contributed by atoms with van der Waals surface area (Å²) < 4.78 is 24.6. The Morgan fingerprint density at radius 2 is 2.13 bits per heavy atom. The predicted molar refractivity (Wildman–Crippen MR) is 62.5 cm³/mol. The Balaban J connectivity index is 3.06. The van der Waals surface area contributed by atoms with E-state index in [9.17, 15) is 8.42 Å². The van der Waals surface area contributed by atoms with Crippen LogP contribution in [-0.2, 0) is 9.84 Å². The molecular formula is C10H13BrO3S. The highest BCUT2D eigenvalue weighted by molar-refractivity contribution is 9.10. The minimum Gasteiger partial charge on any atom is -0.396 e. The van der Waals surface area contributed by atoms with Gasteiger partial charge < -0.3 is 5.11 Å². The molecule has 0 heterocycles. The lowest BCUT2D eigenvalue weighted by atomic mass is 10.3. The summed E-state index contributed by atoms with van der Waals surface area (Å²) in [4.78, 5) is 0.290. The molecule has 0 aliphatic heterocycles. The lowest BCUT2D eigenvalue weighted by Gasteiger charge is -2.11. The standard InChI is InChI=1S/C10H13BrO3S/c1-8(5-6-12)15(13,14)10-4-2-3-9(11)7-10/h2-4,7-8,12H,5-6H2,1H3. The van der Waals surface area contributed by atoms with Crippen LogP contribution in [0.3, 0.4) is 0 Å². The van der Waals surface area contributed by atoms with E-state index >= 15 is 0 Å². The molecule has 0 spiro atoms. The SMILES string of the molecule is CC(CCO)S(=O)(=O)c1cccc(Br)c1. The van der Waals surface area contributed by atoms with Crippen molar-refractivity contribution in [3.8, 4) is 0 Å². The van der Waals surface area contributed by atoms with Crippen LogP contribution >= 0.6 is 15.9 Å². The van der Waals surface area contributed by atoms with Gasteiger partial charge in [0.2, 0.25) is 0 Å². The normalized spacial score (nSPS) is 13.8. The molecule has 5 heteroatoms. The molecule has 0 aliphatic carbocycles. The summed E-state index contributed by atoms with van der Waals surface area (Å²) >= 11 is 3.23. The Bertz CT molecular complexity index is 428. The lowest BCUT2D eigenvalue weighted by molar-refractivity contribution is 0.287. The molecule has 0 saturated carbocycles. The van der Waals surface area contributed by atoms with E-state index in [1.54, 1.807) is 31.2 Å². The number of hydrogen-bond donors (Lipinski definition) is 1. The molecule has 1 unspecified atom stereocenters. The van der Waals surface area contributed by atoms with Crippen LogP contribution in [-0.4, -0.2) is 25.4 Å². The molecule has 0 radical (unpaired) electrons. The Morgan fingerprint density at radius 3 is 2.67 bits per heavy atom. The first-order chi connectivity index (χ1) is 6.98. The van der Waals surface area contributed by atoms with Gasteiger partial charge in [-0.1, -0.05) is 22.0 Å². The van der Waals surface area contributed by atoms with Crippen LogP contribution in [0.2, 0.25) is 0 Å². The average molecular weight is 293 g/mol. The van der Waals surface area contributed by atoms with E-state index in [4.69, 9.17) is 5.11 Å². The Hall–Kier alpha value is -0.390. The number of sulfone groups is 1. The van der Waals surface area contributed by atoms with Crippen molar-refractivity contribution in [2.75, 3.05) is 6.61 Å². The average Bonchev–Trinajstić information content (AvgIpc) is 2.18. The summed E-state index contributed by atoms with van der Waals surface area (Å²) in [5.74, 6) is 0. The Morgan fingerprint density at radius 1 is 1.47 bits per heavy atom. The van der Waals surface area contributed by atoms with E-state index in [2.05, 4.69) is 15.9 Å². The zero-order valence-electron chi connectivity index (χ0n) is 8.35. The monoisotopic (exact) mass is 292 g/mol. The fourth-order valence-electron chi connectivity index (χ4n) is 1.21. The molecule has 1 N–H and O–H groups in total. The van der Waals surface area contributed by atoms with Crippen LogP contribution < -0.4 is 0 Å².